The van der Waals surface area contributed by atoms with Crippen molar-refractivity contribution in [3.8, 4) is 0 Å². The highest BCUT2D eigenvalue weighted by Gasteiger charge is 2.20. The average Bonchev–Trinajstić information content (AvgIpc) is 2.59. The summed E-state index contributed by atoms with van der Waals surface area (Å²) in [4.78, 5) is 23.8. The smallest absolute Gasteiger partial charge is 0.338 e. The molecule has 0 radical (unpaired) electrons. The van der Waals surface area contributed by atoms with Gasteiger partial charge in [0.25, 0.3) is 15.9 Å². The Morgan fingerprint density at radius 2 is 1.79 bits per heavy atom. The van der Waals surface area contributed by atoms with E-state index in [4.69, 9.17) is 4.74 Å². The Kier molecular flexibility index (Phi) is 6.80. The number of anilines is 1. The summed E-state index contributed by atoms with van der Waals surface area (Å²) in [5.41, 5.74) is 1.87. The molecule has 28 heavy (non-hydrogen) atoms. The number of nitrogens with one attached hydrogen (secondary N) is 2. The van der Waals surface area contributed by atoms with E-state index in [-0.39, 0.29) is 16.5 Å². The molecule has 2 aromatic rings. The standard InChI is InChI=1S/C20H24N2O5S/c1-13(2)21-19(23)12-27-20(24)16-9-8-15(4)18(11-16)28(25,26)22-17-7-5-6-14(3)10-17/h5-11,13,22H,12H2,1-4H3,(H,21,23). The van der Waals surface area contributed by atoms with E-state index in [1.54, 1.807) is 39.0 Å². The number of rotatable bonds is 7. The second-order valence-corrected chi connectivity index (χ2v) is 8.40. The molecule has 0 aromatic heterocycles. The van der Waals surface area contributed by atoms with Crippen LogP contribution in [0.25, 0.3) is 0 Å². The van der Waals surface area contributed by atoms with Crippen molar-refractivity contribution in [2.75, 3.05) is 11.3 Å². The monoisotopic (exact) mass is 404 g/mol. The number of aryl methyl sites for hydroxylation is 2. The topological polar surface area (TPSA) is 102 Å². The van der Waals surface area contributed by atoms with Gasteiger partial charge in [-0.3, -0.25) is 9.52 Å². The number of carbonyl (C=O) groups excluding carboxylic acids is 2. The summed E-state index contributed by atoms with van der Waals surface area (Å²) >= 11 is 0. The van der Waals surface area contributed by atoms with Crippen molar-refractivity contribution in [2.45, 2.75) is 38.6 Å². The first-order valence-electron chi connectivity index (χ1n) is 8.75. The van der Waals surface area contributed by atoms with Crippen LogP contribution >= 0.6 is 0 Å². The molecule has 2 aromatic carbocycles. The maximum Gasteiger partial charge on any atom is 0.338 e. The summed E-state index contributed by atoms with van der Waals surface area (Å²) in [6.07, 6.45) is 0. The molecule has 0 unspecified atom stereocenters. The van der Waals surface area contributed by atoms with E-state index < -0.39 is 28.5 Å². The second-order valence-electron chi connectivity index (χ2n) is 6.75. The minimum absolute atomic E-state index is 0.0323. The van der Waals surface area contributed by atoms with Crippen LogP contribution in [0, 0.1) is 13.8 Å². The maximum absolute atomic E-state index is 12.8. The summed E-state index contributed by atoms with van der Waals surface area (Å²) in [6, 6.07) is 11.1. The fourth-order valence-electron chi connectivity index (χ4n) is 2.51. The highest BCUT2D eigenvalue weighted by atomic mass is 32.2. The summed E-state index contributed by atoms with van der Waals surface area (Å²) in [7, 11) is -3.90. The van der Waals surface area contributed by atoms with Gasteiger partial charge in [-0.15, -0.1) is 0 Å². The quantitative estimate of drug-likeness (QED) is 0.691. The van der Waals surface area contributed by atoms with E-state index in [9.17, 15) is 18.0 Å². The molecule has 0 aliphatic rings. The predicted octanol–water partition coefficient (Wildman–Crippen LogP) is 2.79. The van der Waals surface area contributed by atoms with Gasteiger partial charge in [-0.2, -0.15) is 0 Å². The van der Waals surface area contributed by atoms with Gasteiger partial charge in [-0.1, -0.05) is 18.2 Å². The second kappa shape index (κ2) is 8.88. The van der Waals surface area contributed by atoms with Crippen molar-refractivity contribution in [3.63, 3.8) is 0 Å². The number of esters is 1. The first-order chi connectivity index (χ1) is 13.1. The molecule has 0 heterocycles. The Morgan fingerprint density at radius 1 is 1.07 bits per heavy atom. The third-order valence-corrected chi connectivity index (χ3v) is 5.29. The Balaban J connectivity index is 2.20. The van der Waals surface area contributed by atoms with Gasteiger partial charge < -0.3 is 10.1 Å². The van der Waals surface area contributed by atoms with Gasteiger partial charge in [0.05, 0.1) is 10.5 Å². The van der Waals surface area contributed by atoms with Crippen molar-refractivity contribution in [1.82, 2.24) is 5.32 Å². The number of sulfonamides is 1. The highest BCUT2D eigenvalue weighted by Crippen LogP contribution is 2.21. The summed E-state index contributed by atoms with van der Waals surface area (Å²) in [5, 5.41) is 2.60. The third-order valence-electron chi connectivity index (χ3n) is 3.77. The number of hydrogen-bond acceptors (Lipinski definition) is 5. The highest BCUT2D eigenvalue weighted by molar-refractivity contribution is 7.92. The molecular formula is C20H24N2O5S. The van der Waals surface area contributed by atoms with Crippen LogP contribution in [-0.4, -0.2) is 32.9 Å². The third kappa shape index (κ3) is 5.82. The summed E-state index contributed by atoms with van der Waals surface area (Å²) in [5.74, 6) is -1.20. The molecule has 7 nitrogen and oxygen atoms in total. The van der Waals surface area contributed by atoms with Crippen molar-refractivity contribution >= 4 is 27.6 Å². The summed E-state index contributed by atoms with van der Waals surface area (Å²) < 4.78 is 33.0. The first-order valence-corrected chi connectivity index (χ1v) is 10.2. The largest absolute Gasteiger partial charge is 0.452 e. The van der Waals surface area contributed by atoms with E-state index >= 15 is 0 Å². The zero-order chi connectivity index (χ0) is 20.9. The van der Waals surface area contributed by atoms with Crippen LogP contribution in [0.5, 0.6) is 0 Å². The first kappa shape index (κ1) is 21.4. The molecule has 150 valence electrons. The normalized spacial score (nSPS) is 11.2. The molecule has 2 rings (SSSR count). The van der Waals surface area contributed by atoms with Crippen molar-refractivity contribution < 1.29 is 22.7 Å². The van der Waals surface area contributed by atoms with E-state index in [1.807, 2.05) is 13.0 Å². The Bertz CT molecular complexity index is 984. The van der Waals surface area contributed by atoms with Crippen LogP contribution in [0.1, 0.15) is 35.3 Å². The Labute approximate surface area is 165 Å². The molecule has 0 aliphatic heterocycles. The van der Waals surface area contributed by atoms with Crippen LogP contribution in [0.2, 0.25) is 0 Å². The minimum atomic E-state index is -3.90. The fourth-order valence-corrected chi connectivity index (χ4v) is 3.83. The van der Waals surface area contributed by atoms with E-state index in [0.29, 0.717) is 11.3 Å². The molecule has 1 amide bonds. The van der Waals surface area contributed by atoms with Gasteiger partial charge in [0.1, 0.15) is 0 Å². The van der Waals surface area contributed by atoms with Crippen LogP contribution < -0.4 is 10.0 Å². The molecule has 0 saturated heterocycles. The number of ether oxygens (including phenoxy) is 1. The molecular weight excluding hydrogens is 380 g/mol. The molecule has 0 bridgehead atoms. The molecule has 2 N–H and O–H groups in total. The Hall–Kier alpha value is -2.87. The van der Waals surface area contributed by atoms with Gasteiger partial charge >= 0.3 is 5.97 Å². The van der Waals surface area contributed by atoms with Crippen LogP contribution in [-0.2, 0) is 19.6 Å². The van der Waals surface area contributed by atoms with Gasteiger partial charge in [0.2, 0.25) is 0 Å². The Morgan fingerprint density at radius 3 is 2.43 bits per heavy atom. The molecule has 0 fully saturated rings. The number of benzene rings is 2. The number of carbonyl (C=O) groups is 2. The molecule has 0 spiro atoms. The average molecular weight is 404 g/mol. The van der Waals surface area contributed by atoms with Crippen LogP contribution in [0.4, 0.5) is 5.69 Å². The molecule has 0 saturated carbocycles. The molecule has 0 aliphatic carbocycles. The van der Waals surface area contributed by atoms with Gasteiger partial charge in [0.15, 0.2) is 6.61 Å². The SMILES string of the molecule is Cc1cccc(NS(=O)(=O)c2cc(C(=O)OCC(=O)NC(C)C)ccc2C)c1. The van der Waals surface area contributed by atoms with Crippen molar-refractivity contribution in [3.05, 3.63) is 59.2 Å². The lowest BCUT2D eigenvalue weighted by molar-refractivity contribution is -0.124. The number of hydrogen-bond donors (Lipinski definition) is 2. The van der Waals surface area contributed by atoms with Gasteiger partial charge in [-0.05, 0) is 63.1 Å². The minimum Gasteiger partial charge on any atom is -0.452 e. The molecule has 8 heteroatoms. The predicted molar refractivity (Wildman–Crippen MR) is 107 cm³/mol. The lowest BCUT2D eigenvalue weighted by atomic mass is 10.1. The number of amides is 1. The van der Waals surface area contributed by atoms with Gasteiger partial charge in [-0.25, -0.2) is 13.2 Å². The lowest BCUT2D eigenvalue weighted by Gasteiger charge is -2.13. The lowest BCUT2D eigenvalue weighted by Crippen LogP contribution is -2.34. The van der Waals surface area contributed by atoms with Crippen LogP contribution in [0.3, 0.4) is 0 Å². The molecule has 0 atom stereocenters. The van der Waals surface area contributed by atoms with E-state index in [1.165, 1.54) is 18.2 Å². The zero-order valence-electron chi connectivity index (χ0n) is 16.3. The fraction of sp³-hybridized carbons (Fsp3) is 0.300. The van der Waals surface area contributed by atoms with E-state index in [0.717, 1.165) is 5.56 Å². The van der Waals surface area contributed by atoms with E-state index in [2.05, 4.69) is 10.0 Å². The van der Waals surface area contributed by atoms with Crippen molar-refractivity contribution in [1.29, 1.82) is 0 Å². The van der Waals surface area contributed by atoms with Crippen LogP contribution in [0.15, 0.2) is 47.4 Å². The van der Waals surface area contributed by atoms with Crippen molar-refractivity contribution in [2.24, 2.45) is 0 Å². The van der Waals surface area contributed by atoms with Gasteiger partial charge in [0, 0.05) is 11.7 Å². The maximum atomic E-state index is 12.8. The zero-order valence-corrected chi connectivity index (χ0v) is 17.1. The summed E-state index contributed by atoms with van der Waals surface area (Å²) in [6.45, 7) is 6.63.